The molecule has 0 aliphatic heterocycles. The Labute approximate surface area is 187 Å². The van der Waals surface area contributed by atoms with Crippen LogP contribution in [0.3, 0.4) is 0 Å². The van der Waals surface area contributed by atoms with Gasteiger partial charge >= 0.3 is 0 Å². The number of anilines is 2. The van der Waals surface area contributed by atoms with E-state index in [1.165, 1.54) is 0 Å². The van der Waals surface area contributed by atoms with Gasteiger partial charge in [0.25, 0.3) is 5.91 Å². The molecule has 0 unspecified atom stereocenters. The number of fused-ring (bicyclic) bond motifs is 1. The van der Waals surface area contributed by atoms with Crippen molar-refractivity contribution in [1.29, 1.82) is 0 Å². The van der Waals surface area contributed by atoms with Crippen LogP contribution >= 0.6 is 0 Å². The van der Waals surface area contributed by atoms with Gasteiger partial charge in [-0.25, -0.2) is 4.98 Å². The number of rotatable bonds is 5. The van der Waals surface area contributed by atoms with E-state index in [0.717, 1.165) is 58.3 Å². The fourth-order valence-electron chi connectivity index (χ4n) is 4.30. The minimum atomic E-state index is -0.104. The average Bonchev–Trinajstić information content (AvgIpc) is 3.52. The molecule has 0 spiro atoms. The summed E-state index contributed by atoms with van der Waals surface area (Å²) in [6.45, 7) is 3.99. The van der Waals surface area contributed by atoms with Crippen LogP contribution in [0.2, 0.25) is 0 Å². The molecular formula is C27H25N3O2. The molecule has 1 aromatic heterocycles. The molecule has 5 heteroatoms. The molecule has 0 atom stereocenters. The van der Waals surface area contributed by atoms with Crippen LogP contribution in [0.5, 0.6) is 0 Å². The number of aryl methyl sites for hydroxylation is 2. The Balaban J connectivity index is 1.39. The highest BCUT2D eigenvalue weighted by Gasteiger charge is 2.30. The third-order valence-corrected chi connectivity index (χ3v) is 5.98. The summed E-state index contributed by atoms with van der Waals surface area (Å²) in [6, 6.07) is 15.7. The SMILES string of the molecule is Cc1cc(C)cc(C(=O)Nc2cccc3c2CC=C3c2ccnc(NC(=O)C3CC3)c2)c1. The van der Waals surface area contributed by atoms with E-state index in [2.05, 4.69) is 33.8 Å². The molecule has 2 aliphatic carbocycles. The Kier molecular flexibility index (Phi) is 5.10. The minimum Gasteiger partial charge on any atom is -0.322 e. The van der Waals surface area contributed by atoms with Gasteiger partial charge in [0.2, 0.25) is 5.91 Å². The molecule has 0 saturated heterocycles. The average molecular weight is 424 g/mol. The molecule has 0 radical (unpaired) electrons. The van der Waals surface area contributed by atoms with Gasteiger partial charge in [0.1, 0.15) is 5.82 Å². The Bertz CT molecular complexity index is 1250. The second-order valence-electron chi connectivity index (χ2n) is 8.68. The molecule has 2 amide bonds. The first-order valence-corrected chi connectivity index (χ1v) is 11.0. The van der Waals surface area contributed by atoms with Crippen molar-refractivity contribution in [1.82, 2.24) is 4.98 Å². The normalized spacial score (nSPS) is 14.5. The third kappa shape index (κ3) is 4.06. The van der Waals surface area contributed by atoms with Gasteiger partial charge in [-0.15, -0.1) is 0 Å². The number of hydrogen-bond acceptors (Lipinski definition) is 3. The van der Waals surface area contributed by atoms with Gasteiger partial charge < -0.3 is 10.6 Å². The summed E-state index contributed by atoms with van der Waals surface area (Å²) < 4.78 is 0. The lowest BCUT2D eigenvalue weighted by molar-refractivity contribution is -0.117. The summed E-state index contributed by atoms with van der Waals surface area (Å²) in [5.41, 5.74) is 7.91. The van der Waals surface area contributed by atoms with Crippen molar-refractivity contribution < 1.29 is 9.59 Å². The lowest BCUT2D eigenvalue weighted by atomic mass is 9.98. The van der Waals surface area contributed by atoms with Crippen molar-refractivity contribution in [3.05, 3.63) is 94.2 Å². The first kappa shape index (κ1) is 20.2. The van der Waals surface area contributed by atoms with E-state index >= 15 is 0 Å². The molecule has 5 nitrogen and oxygen atoms in total. The van der Waals surface area contributed by atoms with Gasteiger partial charge in [-0.05, 0) is 85.7 Å². The standard InChI is InChI=1S/C27H25N3O2/c1-16-12-17(2)14-20(13-16)27(32)29-24-5-3-4-22-21(8-9-23(22)24)19-10-11-28-25(15-19)30-26(31)18-6-7-18/h3-5,8,10-15,18H,6-7,9H2,1-2H3,(H,29,32)(H,28,30,31). The van der Waals surface area contributed by atoms with Crippen LogP contribution in [-0.2, 0) is 11.2 Å². The number of benzene rings is 2. The monoisotopic (exact) mass is 423 g/mol. The Morgan fingerprint density at radius 2 is 1.75 bits per heavy atom. The predicted octanol–water partition coefficient (Wildman–Crippen LogP) is 5.29. The molecular weight excluding hydrogens is 398 g/mol. The van der Waals surface area contributed by atoms with Crippen molar-refractivity contribution in [2.45, 2.75) is 33.1 Å². The minimum absolute atomic E-state index is 0.0480. The topological polar surface area (TPSA) is 71.1 Å². The van der Waals surface area contributed by atoms with Gasteiger partial charge in [0.05, 0.1) is 0 Å². The first-order chi connectivity index (χ1) is 15.5. The number of nitrogens with one attached hydrogen (secondary N) is 2. The number of amides is 2. The number of nitrogens with zero attached hydrogens (tertiary/aromatic N) is 1. The molecule has 160 valence electrons. The molecule has 0 bridgehead atoms. The second-order valence-corrected chi connectivity index (χ2v) is 8.68. The summed E-state index contributed by atoms with van der Waals surface area (Å²) in [7, 11) is 0. The number of allylic oxidation sites excluding steroid dienone is 1. The maximum absolute atomic E-state index is 12.9. The summed E-state index contributed by atoms with van der Waals surface area (Å²) in [4.78, 5) is 29.3. The van der Waals surface area contributed by atoms with Gasteiger partial charge in [-0.3, -0.25) is 9.59 Å². The lowest BCUT2D eigenvalue weighted by Crippen LogP contribution is -2.14. The molecule has 5 rings (SSSR count). The van der Waals surface area contributed by atoms with E-state index in [4.69, 9.17) is 0 Å². The molecule has 2 N–H and O–H groups in total. The van der Waals surface area contributed by atoms with E-state index < -0.39 is 0 Å². The maximum atomic E-state index is 12.9. The van der Waals surface area contributed by atoms with Crippen LogP contribution in [0.1, 0.15) is 51.0 Å². The predicted molar refractivity (Wildman–Crippen MR) is 127 cm³/mol. The highest BCUT2D eigenvalue weighted by molar-refractivity contribution is 6.05. The van der Waals surface area contributed by atoms with E-state index in [1.54, 1.807) is 6.20 Å². The van der Waals surface area contributed by atoms with Crippen LogP contribution in [-0.4, -0.2) is 16.8 Å². The second kappa shape index (κ2) is 8.08. The molecule has 1 heterocycles. The van der Waals surface area contributed by atoms with Crippen LogP contribution in [0.15, 0.2) is 60.8 Å². The van der Waals surface area contributed by atoms with Crippen LogP contribution in [0.4, 0.5) is 11.5 Å². The number of carbonyl (C=O) groups is 2. The number of carbonyl (C=O) groups excluding carboxylic acids is 2. The molecule has 2 aromatic carbocycles. The van der Waals surface area contributed by atoms with Gasteiger partial charge in [-0.1, -0.05) is 35.4 Å². The number of pyridine rings is 1. The van der Waals surface area contributed by atoms with Crippen LogP contribution in [0.25, 0.3) is 5.57 Å². The van der Waals surface area contributed by atoms with Crippen molar-refractivity contribution in [3.8, 4) is 0 Å². The molecule has 1 saturated carbocycles. The van der Waals surface area contributed by atoms with Crippen LogP contribution < -0.4 is 10.6 Å². The van der Waals surface area contributed by atoms with Gasteiger partial charge in [-0.2, -0.15) is 0 Å². The fraction of sp³-hybridized carbons (Fsp3) is 0.222. The highest BCUT2D eigenvalue weighted by atomic mass is 16.2. The smallest absolute Gasteiger partial charge is 0.255 e. The maximum Gasteiger partial charge on any atom is 0.255 e. The zero-order valence-corrected chi connectivity index (χ0v) is 18.2. The van der Waals surface area contributed by atoms with Gasteiger partial charge in [0.15, 0.2) is 0 Å². The molecule has 3 aromatic rings. The summed E-state index contributed by atoms with van der Waals surface area (Å²) in [6.07, 6.45) is 6.54. The van der Waals surface area contributed by atoms with Gasteiger partial charge in [0, 0.05) is 23.4 Å². The Hall–Kier alpha value is -3.73. The number of aromatic nitrogens is 1. The highest BCUT2D eigenvalue weighted by Crippen LogP contribution is 2.37. The van der Waals surface area contributed by atoms with Crippen molar-refractivity contribution >= 4 is 28.9 Å². The zero-order valence-electron chi connectivity index (χ0n) is 18.2. The van der Waals surface area contributed by atoms with E-state index in [-0.39, 0.29) is 17.7 Å². The van der Waals surface area contributed by atoms with E-state index in [1.807, 2.05) is 50.2 Å². The van der Waals surface area contributed by atoms with Crippen molar-refractivity contribution in [3.63, 3.8) is 0 Å². The summed E-state index contributed by atoms with van der Waals surface area (Å²) >= 11 is 0. The Morgan fingerprint density at radius 1 is 0.969 bits per heavy atom. The van der Waals surface area contributed by atoms with Crippen molar-refractivity contribution in [2.75, 3.05) is 10.6 Å². The largest absolute Gasteiger partial charge is 0.322 e. The Morgan fingerprint density at radius 3 is 2.50 bits per heavy atom. The number of hydrogen-bond donors (Lipinski definition) is 2. The van der Waals surface area contributed by atoms with E-state index in [0.29, 0.717) is 11.4 Å². The third-order valence-electron chi connectivity index (χ3n) is 5.98. The summed E-state index contributed by atoms with van der Waals surface area (Å²) in [5, 5.41) is 6.02. The van der Waals surface area contributed by atoms with Crippen molar-refractivity contribution in [2.24, 2.45) is 5.92 Å². The lowest BCUT2D eigenvalue weighted by Gasteiger charge is -2.13. The summed E-state index contributed by atoms with van der Waals surface area (Å²) in [5.74, 6) is 0.655. The zero-order chi connectivity index (χ0) is 22.2. The molecule has 2 aliphatic rings. The first-order valence-electron chi connectivity index (χ1n) is 11.0. The quantitative estimate of drug-likeness (QED) is 0.586. The molecule has 32 heavy (non-hydrogen) atoms. The molecule has 1 fully saturated rings. The van der Waals surface area contributed by atoms with Crippen LogP contribution in [0, 0.1) is 19.8 Å². The fourth-order valence-corrected chi connectivity index (χ4v) is 4.30. The van der Waals surface area contributed by atoms with E-state index in [9.17, 15) is 9.59 Å².